The van der Waals surface area contributed by atoms with Crippen molar-refractivity contribution in [3.8, 4) is 17.2 Å². The number of benzene rings is 2. The molecular weight excluding hydrogens is 356 g/mol. The van der Waals surface area contributed by atoms with Crippen LogP contribution in [-0.4, -0.2) is 26.2 Å². The van der Waals surface area contributed by atoms with Crippen LogP contribution in [0.1, 0.15) is 35.7 Å². The van der Waals surface area contributed by atoms with Crippen LogP contribution in [0.4, 0.5) is 8.78 Å². The molecule has 146 valence electrons. The second kappa shape index (κ2) is 10.4. The number of carbonyl (C=O) groups is 1. The summed E-state index contributed by atoms with van der Waals surface area (Å²) in [4.78, 5) is 12.2. The predicted octanol–water partition coefficient (Wildman–Crippen LogP) is 4.41. The third-order valence-electron chi connectivity index (χ3n) is 3.78. The van der Waals surface area contributed by atoms with Crippen molar-refractivity contribution < 1.29 is 27.8 Å². The fourth-order valence-corrected chi connectivity index (χ4v) is 2.34. The number of unbranched alkanes of at least 4 members (excludes halogenated alkanes) is 1. The van der Waals surface area contributed by atoms with Crippen molar-refractivity contribution in [2.45, 2.75) is 32.9 Å². The van der Waals surface area contributed by atoms with Gasteiger partial charge in [-0.15, -0.1) is 0 Å². The van der Waals surface area contributed by atoms with Gasteiger partial charge in [0.15, 0.2) is 11.5 Å². The van der Waals surface area contributed by atoms with Gasteiger partial charge in [0.05, 0.1) is 13.7 Å². The van der Waals surface area contributed by atoms with Crippen molar-refractivity contribution in [2.24, 2.45) is 0 Å². The summed E-state index contributed by atoms with van der Waals surface area (Å²) in [5.41, 5.74) is 1.09. The molecule has 0 saturated carbocycles. The first-order valence-electron chi connectivity index (χ1n) is 8.66. The Bertz CT molecular complexity index is 735. The molecule has 0 fully saturated rings. The Hall–Kier alpha value is -2.83. The van der Waals surface area contributed by atoms with Gasteiger partial charge < -0.3 is 19.5 Å². The molecule has 2 aromatic rings. The number of hydrogen-bond donors (Lipinski definition) is 1. The van der Waals surface area contributed by atoms with E-state index in [9.17, 15) is 13.6 Å². The van der Waals surface area contributed by atoms with Gasteiger partial charge in [0, 0.05) is 12.1 Å². The van der Waals surface area contributed by atoms with Crippen LogP contribution in [0.3, 0.4) is 0 Å². The van der Waals surface area contributed by atoms with Crippen LogP contribution in [-0.2, 0) is 6.54 Å². The molecule has 0 saturated heterocycles. The molecule has 0 aliphatic heterocycles. The Balaban J connectivity index is 1.94. The first-order chi connectivity index (χ1) is 13.0. The van der Waals surface area contributed by atoms with Gasteiger partial charge in [-0.2, -0.15) is 8.78 Å². The van der Waals surface area contributed by atoms with Crippen LogP contribution in [0, 0.1) is 0 Å². The molecule has 1 N–H and O–H groups in total. The van der Waals surface area contributed by atoms with Crippen molar-refractivity contribution in [1.82, 2.24) is 5.32 Å². The summed E-state index contributed by atoms with van der Waals surface area (Å²) in [6.45, 7) is -0.0659. The van der Waals surface area contributed by atoms with Crippen molar-refractivity contribution in [2.75, 3.05) is 13.7 Å². The first-order valence-corrected chi connectivity index (χ1v) is 8.66. The molecule has 0 aliphatic carbocycles. The maximum atomic E-state index is 12.5. The lowest BCUT2D eigenvalue weighted by atomic mass is 10.1. The molecule has 1 amide bonds. The highest BCUT2D eigenvalue weighted by molar-refractivity contribution is 5.94. The van der Waals surface area contributed by atoms with Gasteiger partial charge in [-0.05, 0) is 48.4 Å². The van der Waals surface area contributed by atoms with E-state index in [1.165, 1.54) is 19.2 Å². The van der Waals surface area contributed by atoms with Gasteiger partial charge >= 0.3 is 6.61 Å². The molecule has 2 aromatic carbocycles. The van der Waals surface area contributed by atoms with E-state index in [0.717, 1.165) is 12.8 Å². The lowest BCUT2D eigenvalue weighted by Crippen LogP contribution is -2.22. The molecule has 0 aliphatic rings. The monoisotopic (exact) mass is 379 g/mol. The molecule has 5 nitrogen and oxygen atoms in total. The summed E-state index contributed by atoms with van der Waals surface area (Å²) < 4.78 is 39.9. The van der Waals surface area contributed by atoms with Gasteiger partial charge in [-0.25, -0.2) is 0 Å². The minimum absolute atomic E-state index is 0.0761. The number of carbonyl (C=O) groups excluding carboxylic acids is 1. The SMILES string of the molecule is CCCCOc1ccc(C(=O)NCc2ccc(OC)c(OC(F)F)c2)cc1. The average Bonchev–Trinajstić information content (AvgIpc) is 2.66. The maximum absolute atomic E-state index is 12.5. The zero-order chi connectivity index (χ0) is 19.6. The molecule has 0 radical (unpaired) electrons. The fourth-order valence-electron chi connectivity index (χ4n) is 2.34. The number of amides is 1. The van der Waals surface area contributed by atoms with E-state index in [-0.39, 0.29) is 24.0 Å². The molecule has 0 bridgehead atoms. The number of rotatable bonds is 10. The van der Waals surface area contributed by atoms with Crippen LogP contribution < -0.4 is 19.5 Å². The quantitative estimate of drug-likeness (QED) is 0.622. The Morgan fingerprint density at radius 2 is 1.85 bits per heavy atom. The molecule has 0 spiro atoms. The van der Waals surface area contributed by atoms with Gasteiger partial charge in [0.2, 0.25) is 0 Å². The Labute approximate surface area is 157 Å². The van der Waals surface area contributed by atoms with Gasteiger partial charge in [0.1, 0.15) is 5.75 Å². The van der Waals surface area contributed by atoms with Crippen LogP contribution in [0.25, 0.3) is 0 Å². The van der Waals surface area contributed by atoms with Crippen LogP contribution in [0.2, 0.25) is 0 Å². The predicted molar refractivity (Wildman–Crippen MR) is 97.6 cm³/mol. The summed E-state index contributed by atoms with van der Waals surface area (Å²) in [5, 5.41) is 2.74. The maximum Gasteiger partial charge on any atom is 0.387 e. The van der Waals surface area contributed by atoms with Gasteiger partial charge in [-0.1, -0.05) is 19.4 Å². The second-order valence-electron chi connectivity index (χ2n) is 5.77. The van der Waals surface area contributed by atoms with Gasteiger partial charge in [0.25, 0.3) is 5.91 Å². The van der Waals surface area contributed by atoms with Crippen molar-refractivity contribution >= 4 is 5.91 Å². The van der Waals surface area contributed by atoms with E-state index < -0.39 is 6.61 Å². The highest BCUT2D eigenvalue weighted by Gasteiger charge is 2.12. The van der Waals surface area contributed by atoms with E-state index in [2.05, 4.69) is 17.0 Å². The smallest absolute Gasteiger partial charge is 0.387 e. The Morgan fingerprint density at radius 3 is 2.48 bits per heavy atom. The molecular formula is C20H23F2NO4. The summed E-state index contributed by atoms with van der Waals surface area (Å²) in [5.74, 6) is 0.558. The number of hydrogen-bond acceptors (Lipinski definition) is 4. The molecule has 2 rings (SSSR count). The molecule has 7 heteroatoms. The molecule has 0 heterocycles. The van der Waals surface area contributed by atoms with E-state index >= 15 is 0 Å². The summed E-state index contributed by atoms with van der Waals surface area (Å²) >= 11 is 0. The number of halogens is 2. The summed E-state index contributed by atoms with van der Waals surface area (Å²) in [7, 11) is 1.37. The van der Waals surface area contributed by atoms with Crippen molar-refractivity contribution in [3.63, 3.8) is 0 Å². The lowest BCUT2D eigenvalue weighted by molar-refractivity contribution is -0.0512. The third-order valence-corrected chi connectivity index (χ3v) is 3.78. The Kier molecular flexibility index (Phi) is 7.85. The van der Waals surface area contributed by atoms with Gasteiger partial charge in [-0.3, -0.25) is 4.79 Å². The first kappa shape index (κ1) is 20.5. The topological polar surface area (TPSA) is 56.8 Å². The van der Waals surface area contributed by atoms with E-state index in [1.807, 2.05) is 0 Å². The molecule has 0 unspecified atom stereocenters. The zero-order valence-corrected chi connectivity index (χ0v) is 15.3. The normalized spacial score (nSPS) is 10.6. The number of ether oxygens (including phenoxy) is 3. The standard InChI is InChI=1S/C20H23F2NO4/c1-3-4-11-26-16-8-6-15(7-9-16)19(24)23-13-14-5-10-17(25-2)18(12-14)27-20(21)22/h5-10,12,20H,3-4,11,13H2,1-2H3,(H,23,24). The van der Waals surface area contributed by atoms with Crippen molar-refractivity contribution in [3.05, 3.63) is 53.6 Å². The van der Waals surface area contributed by atoms with E-state index in [0.29, 0.717) is 23.5 Å². The van der Waals surface area contributed by atoms with E-state index in [1.54, 1.807) is 30.3 Å². The number of alkyl halides is 2. The largest absolute Gasteiger partial charge is 0.494 e. The summed E-state index contributed by atoms with van der Waals surface area (Å²) in [6.07, 6.45) is 2.03. The lowest BCUT2D eigenvalue weighted by Gasteiger charge is -2.12. The van der Waals surface area contributed by atoms with E-state index in [4.69, 9.17) is 9.47 Å². The second-order valence-corrected chi connectivity index (χ2v) is 5.77. The van der Waals surface area contributed by atoms with Crippen LogP contribution in [0.15, 0.2) is 42.5 Å². The Morgan fingerprint density at radius 1 is 1.11 bits per heavy atom. The minimum atomic E-state index is -2.96. The summed E-state index contributed by atoms with van der Waals surface area (Å²) in [6, 6.07) is 11.4. The highest BCUT2D eigenvalue weighted by atomic mass is 19.3. The fraction of sp³-hybridized carbons (Fsp3) is 0.350. The molecule has 0 aromatic heterocycles. The van der Waals surface area contributed by atoms with Crippen molar-refractivity contribution in [1.29, 1.82) is 0 Å². The van der Waals surface area contributed by atoms with Crippen LogP contribution in [0.5, 0.6) is 17.2 Å². The third kappa shape index (κ3) is 6.44. The number of methoxy groups -OCH3 is 1. The highest BCUT2D eigenvalue weighted by Crippen LogP contribution is 2.29. The van der Waals surface area contributed by atoms with Crippen LogP contribution >= 0.6 is 0 Å². The zero-order valence-electron chi connectivity index (χ0n) is 15.3. The average molecular weight is 379 g/mol. The molecule has 27 heavy (non-hydrogen) atoms. The minimum Gasteiger partial charge on any atom is -0.494 e. The number of nitrogens with one attached hydrogen (secondary N) is 1. The molecule has 0 atom stereocenters.